The quantitative estimate of drug-likeness (QED) is 0.359. The fourth-order valence-electron chi connectivity index (χ4n) is 4.33. The number of hydrogen-bond donors (Lipinski definition) is 1. The largest absolute Gasteiger partial charge is 0.494 e. The zero-order valence-electron chi connectivity index (χ0n) is 23.2. The molecule has 3 rings (SSSR count). The Morgan fingerprint density at radius 3 is 2.15 bits per heavy atom. The Bertz CT molecular complexity index is 1370. The first-order valence-corrected chi connectivity index (χ1v) is 14.4. The standard InChI is InChI=1S/C30H37N3O5S/c1-6-28(30(35)31-5)32(20-24-10-8-9-23(4)19-24)29(34)21-33(25-13-11-22(3)12-14-25)39(36,37)27-17-15-26(16-18-27)38-7-2/h8-19,28H,6-7,20-21H2,1-5H3,(H,31,35)/t28-/m0/s1. The van der Waals surface area contributed by atoms with Crippen molar-refractivity contribution in [3.63, 3.8) is 0 Å². The smallest absolute Gasteiger partial charge is 0.264 e. The predicted molar refractivity (Wildman–Crippen MR) is 153 cm³/mol. The van der Waals surface area contributed by atoms with E-state index in [0.717, 1.165) is 21.0 Å². The van der Waals surface area contributed by atoms with Crippen LogP contribution < -0.4 is 14.4 Å². The Morgan fingerprint density at radius 2 is 1.59 bits per heavy atom. The van der Waals surface area contributed by atoms with E-state index in [1.165, 1.54) is 24.1 Å². The number of nitrogens with zero attached hydrogens (tertiary/aromatic N) is 2. The molecule has 3 aromatic rings. The second-order valence-corrected chi connectivity index (χ2v) is 11.2. The van der Waals surface area contributed by atoms with Crippen molar-refractivity contribution in [2.24, 2.45) is 0 Å². The summed E-state index contributed by atoms with van der Waals surface area (Å²) < 4.78 is 34.4. The molecule has 0 heterocycles. The van der Waals surface area contributed by atoms with Gasteiger partial charge >= 0.3 is 0 Å². The van der Waals surface area contributed by atoms with Crippen molar-refractivity contribution in [1.29, 1.82) is 0 Å². The fraction of sp³-hybridized carbons (Fsp3) is 0.333. The first-order valence-electron chi connectivity index (χ1n) is 13.0. The lowest BCUT2D eigenvalue weighted by atomic mass is 10.1. The van der Waals surface area contributed by atoms with Crippen LogP contribution in [0, 0.1) is 13.8 Å². The van der Waals surface area contributed by atoms with Gasteiger partial charge in [-0.15, -0.1) is 0 Å². The number of ether oxygens (including phenoxy) is 1. The van der Waals surface area contributed by atoms with Crippen LogP contribution in [0.1, 0.15) is 37.0 Å². The van der Waals surface area contributed by atoms with Crippen LogP contribution in [-0.4, -0.2) is 51.4 Å². The molecule has 0 aliphatic heterocycles. The van der Waals surface area contributed by atoms with Crippen LogP contribution in [0.5, 0.6) is 5.75 Å². The maximum Gasteiger partial charge on any atom is 0.264 e. The Morgan fingerprint density at radius 1 is 0.923 bits per heavy atom. The van der Waals surface area contributed by atoms with E-state index in [0.29, 0.717) is 24.5 Å². The summed E-state index contributed by atoms with van der Waals surface area (Å²) in [7, 11) is -2.61. The SMILES string of the molecule is CCOc1ccc(S(=O)(=O)N(CC(=O)N(Cc2cccc(C)c2)[C@@H](CC)C(=O)NC)c2ccc(C)cc2)cc1. The summed E-state index contributed by atoms with van der Waals surface area (Å²) in [5.41, 5.74) is 3.18. The van der Waals surface area contributed by atoms with Crippen LogP contribution in [0.25, 0.3) is 0 Å². The summed E-state index contributed by atoms with van der Waals surface area (Å²) in [6.07, 6.45) is 0.368. The summed E-state index contributed by atoms with van der Waals surface area (Å²) in [6, 6.07) is 20.0. The number of rotatable bonds is 12. The number of nitrogens with one attached hydrogen (secondary N) is 1. The normalized spacial score (nSPS) is 11.9. The van der Waals surface area contributed by atoms with Gasteiger partial charge in [-0.3, -0.25) is 13.9 Å². The zero-order valence-corrected chi connectivity index (χ0v) is 24.0. The molecule has 9 heteroatoms. The van der Waals surface area contributed by atoms with Crippen LogP contribution in [-0.2, 0) is 26.2 Å². The number of anilines is 1. The highest BCUT2D eigenvalue weighted by molar-refractivity contribution is 7.92. The lowest BCUT2D eigenvalue weighted by molar-refractivity contribution is -0.140. The molecule has 0 radical (unpaired) electrons. The van der Waals surface area contributed by atoms with Crippen molar-refractivity contribution in [2.45, 2.75) is 51.6 Å². The third-order valence-corrected chi connectivity index (χ3v) is 8.18. The van der Waals surface area contributed by atoms with E-state index in [2.05, 4.69) is 5.32 Å². The van der Waals surface area contributed by atoms with Gasteiger partial charge < -0.3 is 15.0 Å². The number of likely N-dealkylation sites (N-methyl/N-ethyl adjacent to an activating group) is 1. The van der Waals surface area contributed by atoms with Gasteiger partial charge in [-0.1, -0.05) is 54.4 Å². The fourth-order valence-corrected chi connectivity index (χ4v) is 5.75. The van der Waals surface area contributed by atoms with E-state index in [4.69, 9.17) is 4.74 Å². The third-order valence-electron chi connectivity index (χ3n) is 6.39. The second-order valence-electron chi connectivity index (χ2n) is 9.30. The number of hydrogen-bond acceptors (Lipinski definition) is 5. The molecule has 0 fully saturated rings. The Kier molecular flexibility index (Phi) is 10.1. The summed E-state index contributed by atoms with van der Waals surface area (Å²) in [5, 5.41) is 2.63. The number of aryl methyl sites for hydroxylation is 2. The molecule has 0 aliphatic carbocycles. The van der Waals surface area contributed by atoms with Crippen molar-refractivity contribution in [1.82, 2.24) is 10.2 Å². The molecular formula is C30H37N3O5S. The molecular weight excluding hydrogens is 514 g/mol. The molecule has 0 bridgehead atoms. The lowest BCUT2D eigenvalue weighted by Gasteiger charge is -2.33. The zero-order chi connectivity index (χ0) is 28.6. The van der Waals surface area contributed by atoms with Crippen molar-refractivity contribution in [3.05, 3.63) is 89.5 Å². The van der Waals surface area contributed by atoms with Crippen LogP contribution in [0.2, 0.25) is 0 Å². The number of carbonyl (C=O) groups excluding carboxylic acids is 2. The number of amides is 2. The molecule has 2 amide bonds. The Balaban J connectivity index is 2.04. The van der Waals surface area contributed by atoms with E-state index in [1.807, 2.05) is 52.0 Å². The van der Waals surface area contributed by atoms with E-state index >= 15 is 0 Å². The second kappa shape index (κ2) is 13.3. The highest BCUT2D eigenvalue weighted by atomic mass is 32.2. The molecule has 0 saturated carbocycles. The summed E-state index contributed by atoms with van der Waals surface area (Å²) in [4.78, 5) is 28.2. The number of sulfonamides is 1. The van der Waals surface area contributed by atoms with Crippen LogP contribution in [0.15, 0.2) is 77.7 Å². The van der Waals surface area contributed by atoms with Gasteiger partial charge in [-0.05, 0) is 69.2 Å². The monoisotopic (exact) mass is 551 g/mol. The highest BCUT2D eigenvalue weighted by Gasteiger charge is 2.33. The molecule has 0 aromatic heterocycles. The number of carbonyl (C=O) groups is 2. The van der Waals surface area contributed by atoms with Gasteiger partial charge in [0, 0.05) is 13.6 Å². The maximum absolute atomic E-state index is 13.9. The van der Waals surface area contributed by atoms with E-state index < -0.39 is 28.5 Å². The molecule has 39 heavy (non-hydrogen) atoms. The first kappa shape index (κ1) is 29.7. The minimum absolute atomic E-state index is 0.0305. The topological polar surface area (TPSA) is 96.0 Å². The molecule has 1 atom stereocenters. The van der Waals surface area contributed by atoms with E-state index in [1.54, 1.807) is 36.4 Å². The van der Waals surface area contributed by atoms with Crippen LogP contribution in [0.4, 0.5) is 5.69 Å². The van der Waals surface area contributed by atoms with Crippen molar-refractivity contribution >= 4 is 27.5 Å². The average Bonchev–Trinajstić information content (AvgIpc) is 2.92. The maximum atomic E-state index is 13.9. The molecule has 0 aliphatic rings. The van der Waals surface area contributed by atoms with E-state index in [-0.39, 0.29) is 17.3 Å². The van der Waals surface area contributed by atoms with Crippen molar-refractivity contribution in [2.75, 3.05) is 24.5 Å². The molecule has 208 valence electrons. The highest BCUT2D eigenvalue weighted by Crippen LogP contribution is 2.26. The molecule has 0 saturated heterocycles. The summed E-state index contributed by atoms with van der Waals surface area (Å²) in [5.74, 6) is -0.244. The van der Waals surface area contributed by atoms with Crippen molar-refractivity contribution < 1.29 is 22.7 Å². The average molecular weight is 552 g/mol. The minimum atomic E-state index is -4.14. The van der Waals surface area contributed by atoms with Crippen molar-refractivity contribution in [3.8, 4) is 5.75 Å². The first-order chi connectivity index (χ1) is 18.6. The van der Waals surface area contributed by atoms with Gasteiger partial charge in [0.05, 0.1) is 17.2 Å². The van der Waals surface area contributed by atoms with Crippen LogP contribution in [0.3, 0.4) is 0 Å². The van der Waals surface area contributed by atoms with Gasteiger partial charge in [0.1, 0.15) is 18.3 Å². The predicted octanol–water partition coefficient (Wildman–Crippen LogP) is 4.45. The van der Waals surface area contributed by atoms with Crippen LogP contribution >= 0.6 is 0 Å². The Hall–Kier alpha value is -3.85. The minimum Gasteiger partial charge on any atom is -0.494 e. The molecule has 0 spiro atoms. The van der Waals surface area contributed by atoms with Gasteiger partial charge in [-0.2, -0.15) is 0 Å². The van der Waals surface area contributed by atoms with Gasteiger partial charge in [-0.25, -0.2) is 8.42 Å². The number of benzene rings is 3. The molecule has 3 aromatic carbocycles. The summed E-state index contributed by atoms with van der Waals surface area (Å²) in [6.45, 7) is 7.67. The third kappa shape index (κ3) is 7.38. The van der Waals surface area contributed by atoms with Gasteiger partial charge in [0.25, 0.3) is 10.0 Å². The van der Waals surface area contributed by atoms with Gasteiger partial charge in [0.15, 0.2) is 0 Å². The lowest BCUT2D eigenvalue weighted by Crippen LogP contribution is -2.51. The van der Waals surface area contributed by atoms with E-state index in [9.17, 15) is 18.0 Å². The Labute approximate surface area is 231 Å². The molecule has 1 N–H and O–H groups in total. The molecule has 8 nitrogen and oxygen atoms in total. The summed E-state index contributed by atoms with van der Waals surface area (Å²) >= 11 is 0. The van der Waals surface area contributed by atoms with Gasteiger partial charge in [0.2, 0.25) is 11.8 Å². The molecule has 0 unspecified atom stereocenters.